The Morgan fingerprint density at radius 2 is 2.35 bits per heavy atom. The van der Waals surface area contributed by atoms with Gasteiger partial charge in [0.15, 0.2) is 0 Å². The van der Waals surface area contributed by atoms with Crippen molar-refractivity contribution in [1.29, 1.82) is 0 Å². The first-order valence-electron chi connectivity index (χ1n) is 5.70. The van der Waals surface area contributed by atoms with Gasteiger partial charge in [0.1, 0.15) is 5.82 Å². The summed E-state index contributed by atoms with van der Waals surface area (Å²) in [4.78, 5) is 17.9. The van der Waals surface area contributed by atoms with Gasteiger partial charge >= 0.3 is 0 Å². The average molecular weight is 254 g/mol. The number of nitrogens with zero attached hydrogens (tertiary/aromatic N) is 2. The summed E-state index contributed by atoms with van der Waals surface area (Å²) < 4.78 is 0. The molecule has 1 heterocycles. The normalized spacial score (nSPS) is 14.5. The van der Waals surface area contributed by atoms with Crippen molar-refractivity contribution < 1.29 is 4.79 Å². The van der Waals surface area contributed by atoms with Crippen LogP contribution in [0.1, 0.15) is 23.2 Å². The zero-order valence-electron chi connectivity index (χ0n) is 10.0. The Balaban J connectivity index is 2.09. The highest BCUT2D eigenvalue weighted by molar-refractivity contribution is 6.33. The van der Waals surface area contributed by atoms with Crippen LogP contribution >= 0.6 is 11.6 Å². The molecule has 0 saturated heterocycles. The minimum absolute atomic E-state index is 0.0195. The molecule has 1 fully saturated rings. The number of rotatable bonds is 4. The first kappa shape index (κ1) is 12.2. The maximum atomic E-state index is 12.1. The lowest BCUT2D eigenvalue weighted by Crippen LogP contribution is -2.28. The van der Waals surface area contributed by atoms with E-state index in [2.05, 4.69) is 10.3 Å². The van der Waals surface area contributed by atoms with Crippen LogP contribution in [-0.4, -0.2) is 36.4 Å². The molecule has 0 aliphatic heterocycles. The summed E-state index contributed by atoms with van der Waals surface area (Å²) in [7, 11) is 3.56. The van der Waals surface area contributed by atoms with Gasteiger partial charge in [0.2, 0.25) is 0 Å². The van der Waals surface area contributed by atoms with Gasteiger partial charge in [0.25, 0.3) is 5.91 Å². The summed E-state index contributed by atoms with van der Waals surface area (Å²) in [6, 6.07) is 1.66. The van der Waals surface area contributed by atoms with Gasteiger partial charge in [-0.2, -0.15) is 0 Å². The third kappa shape index (κ3) is 2.88. The van der Waals surface area contributed by atoms with E-state index in [-0.39, 0.29) is 5.91 Å². The molecule has 1 aliphatic rings. The van der Waals surface area contributed by atoms with Crippen LogP contribution in [0.25, 0.3) is 0 Å². The van der Waals surface area contributed by atoms with E-state index in [9.17, 15) is 4.79 Å². The number of halogens is 1. The number of hydrogen-bond donors (Lipinski definition) is 1. The van der Waals surface area contributed by atoms with Crippen LogP contribution in [0.3, 0.4) is 0 Å². The number of carbonyl (C=O) groups excluding carboxylic acids is 1. The van der Waals surface area contributed by atoms with E-state index in [0.29, 0.717) is 22.3 Å². The number of aromatic nitrogens is 1. The first-order chi connectivity index (χ1) is 8.11. The topological polar surface area (TPSA) is 45.2 Å². The highest BCUT2D eigenvalue weighted by Crippen LogP contribution is 2.29. The van der Waals surface area contributed by atoms with E-state index in [0.717, 1.165) is 6.54 Å². The van der Waals surface area contributed by atoms with E-state index in [1.165, 1.54) is 12.8 Å². The Kier molecular flexibility index (Phi) is 3.52. The third-order valence-electron chi connectivity index (χ3n) is 2.90. The molecule has 2 rings (SSSR count). The second kappa shape index (κ2) is 4.92. The number of amides is 1. The summed E-state index contributed by atoms with van der Waals surface area (Å²) in [5.41, 5.74) is 0.539. The number of anilines is 1. The molecule has 0 aromatic carbocycles. The molecular formula is C12H16ClN3O. The highest BCUT2D eigenvalue weighted by Gasteiger charge is 2.25. The summed E-state index contributed by atoms with van der Waals surface area (Å²) in [6.07, 6.45) is 4.02. The summed E-state index contributed by atoms with van der Waals surface area (Å²) in [5.74, 6) is 1.26. The molecule has 0 atom stereocenters. The predicted molar refractivity (Wildman–Crippen MR) is 68.5 cm³/mol. The second-order valence-electron chi connectivity index (χ2n) is 4.43. The smallest absolute Gasteiger partial charge is 0.255 e. The lowest BCUT2D eigenvalue weighted by Gasteiger charge is -2.17. The summed E-state index contributed by atoms with van der Waals surface area (Å²) >= 11 is 6.00. The molecular weight excluding hydrogens is 238 g/mol. The van der Waals surface area contributed by atoms with Crippen molar-refractivity contribution in [3.8, 4) is 0 Å². The molecule has 92 valence electrons. The van der Waals surface area contributed by atoms with Gasteiger partial charge in [-0.3, -0.25) is 4.79 Å². The van der Waals surface area contributed by atoms with Gasteiger partial charge in [0, 0.05) is 26.8 Å². The highest BCUT2D eigenvalue weighted by atomic mass is 35.5. The fraction of sp³-hybridized carbons (Fsp3) is 0.500. The molecule has 0 unspecified atom stereocenters. The van der Waals surface area contributed by atoms with Gasteiger partial charge < -0.3 is 10.2 Å². The van der Waals surface area contributed by atoms with Crippen LogP contribution in [0.2, 0.25) is 5.02 Å². The number of pyridine rings is 1. The van der Waals surface area contributed by atoms with Crippen LogP contribution in [0.15, 0.2) is 12.3 Å². The van der Waals surface area contributed by atoms with Crippen LogP contribution in [-0.2, 0) is 0 Å². The first-order valence-corrected chi connectivity index (χ1v) is 6.08. The SMILES string of the molecule is CNc1ncc(C(=O)N(C)CC2CC2)cc1Cl. The van der Waals surface area contributed by atoms with Crippen LogP contribution in [0, 0.1) is 5.92 Å². The van der Waals surface area contributed by atoms with Crippen LogP contribution in [0.5, 0.6) is 0 Å². The van der Waals surface area contributed by atoms with Crippen molar-refractivity contribution in [2.45, 2.75) is 12.8 Å². The van der Waals surface area contributed by atoms with Gasteiger partial charge in [-0.15, -0.1) is 0 Å². The maximum absolute atomic E-state index is 12.1. The molecule has 1 aromatic rings. The Labute approximate surface area is 106 Å². The Bertz CT molecular complexity index is 432. The average Bonchev–Trinajstić information content (AvgIpc) is 3.11. The zero-order chi connectivity index (χ0) is 12.4. The fourth-order valence-corrected chi connectivity index (χ4v) is 1.99. The zero-order valence-corrected chi connectivity index (χ0v) is 10.8. The molecule has 1 N–H and O–H groups in total. The summed E-state index contributed by atoms with van der Waals surface area (Å²) in [5, 5.41) is 3.34. The van der Waals surface area contributed by atoms with E-state index in [4.69, 9.17) is 11.6 Å². The van der Waals surface area contributed by atoms with Crippen LogP contribution in [0.4, 0.5) is 5.82 Å². The van der Waals surface area contributed by atoms with Crippen molar-refractivity contribution in [2.24, 2.45) is 5.92 Å². The fourth-order valence-electron chi connectivity index (χ4n) is 1.73. The number of carbonyl (C=O) groups is 1. The van der Waals surface area contributed by atoms with Crippen molar-refractivity contribution >= 4 is 23.3 Å². The lowest BCUT2D eigenvalue weighted by atomic mass is 10.2. The van der Waals surface area contributed by atoms with Crippen molar-refractivity contribution in [3.63, 3.8) is 0 Å². The van der Waals surface area contributed by atoms with Crippen molar-refractivity contribution in [3.05, 3.63) is 22.8 Å². The second-order valence-corrected chi connectivity index (χ2v) is 4.84. The van der Waals surface area contributed by atoms with Crippen LogP contribution < -0.4 is 5.32 Å². The molecule has 5 heteroatoms. The Morgan fingerprint density at radius 1 is 1.65 bits per heavy atom. The lowest BCUT2D eigenvalue weighted by molar-refractivity contribution is 0.0788. The molecule has 0 radical (unpaired) electrons. The van der Waals surface area contributed by atoms with E-state index in [1.807, 2.05) is 7.05 Å². The quantitative estimate of drug-likeness (QED) is 0.895. The number of hydrogen-bond acceptors (Lipinski definition) is 3. The molecule has 1 aliphatic carbocycles. The molecule has 0 spiro atoms. The predicted octanol–water partition coefficient (Wildman–Crippen LogP) is 2.26. The monoisotopic (exact) mass is 253 g/mol. The third-order valence-corrected chi connectivity index (χ3v) is 3.19. The summed E-state index contributed by atoms with van der Waals surface area (Å²) in [6.45, 7) is 0.824. The minimum atomic E-state index is -0.0195. The largest absolute Gasteiger partial charge is 0.372 e. The van der Waals surface area contributed by atoms with E-state index >= 15 is 0 Å². The molecule has 0 bridgehead atoms. The molecule has 1 amide bonds. The van der Waals surface area contributed by atoms with Crippen molar-refractivity contribution in [1.82, 2.24) is 9.88 Å². The van der Waals surface area contributed by atoms with Gasteiger partial charge in [-0.05, 0) is 24.8 Å². The Hall–Kier alpha value is -1.29. The van der Waals surface area contributed by atoms with E-state index in [1.54, 1.807) is 24.2 Å². The Morgan fingerprint density at radius 3 is 2.88 bits per heavy atom. The molecule has 4 nitrogen and oxygen atoms in total. The van der Waals surface area contributed by atoms with Crippen molar-refractivity contribution in [2.75, 3.05) is 26.0 Å². The van der Waals surface area contributed by atoms with Gasteiger partial charge in [0.05, 0.1) is 10.6 Å². The standard InChI is InChI=1S/C12H16ClN3O/c1-14-11-10(13)5-9(6-15-11)12(17)16(2)7-8-3-4-8/h5-6,8H,3-4,7H2,1-2H3,(H,14,15). The van der Waals surface area contributed by atoms with Gasteiger partial charge in [-0.25, -0.2) is 4.98 Å². The maximum Gasteiger partial charge on any atom is 0.255 e. The number of nitrogens with one attached hydrogen (secondary N) is 1. The van der Waals surface area contributed by atoms with E-state index < -0.39 is 0 Å². The molecule has 1 aromatic heterocycles. The molecule has 1 saturated carbocycles. The molecule has 17 heavy (non-hydrogen) atoms. The minimum Gasteiger partial charge on any atom is -0.372 e. The van der Waals surface area contributed by atoms with Gasteiger partial charge in [-0.1, -0.05) is 11.6 Å².